The molecule has 24 heavy (non-hydrogen) atoms. The van der Waals surface area contributed by atoms with Crippen LogP contribution >= 0.6 is 0 Å². The predicted molar refractivity (Wildman–Crippen MR) is 85.2 cm³/mol. The predicted octanol–water partition coefficient (Wildman–Crippen LogP) is 2.57. The number of furan rings is 1. The molecule has 1 aromatic heterocycles. The first-order valence-corrected chi connectivity index (χ1v) is 7.86. The van der Waals surface area contributed by atoms with Gasteiger partial charge < -0.3 is 14.2 Å². The largest absolute Gasteiger partial charge is 0.467 e. The molecule has 0 radical (unpaired) electrons. The van der Waals surface area contributed by atoms with Crippen LogP contribution in [0.2, 0.25) is 0 Å². The Morgan fingerprint density at radius 3 is 2.75 bits per heavy atom. The van der Waals surface area contributed by atoms with E-state index in [0.29, 0.717) is 31.7 Å². The normalized spacial score (nSPS) is 17.3. The topological polar surface area (TPSA) is 53.8 Å². The van der Waals surface area contributed by atoms with Crippen molar-refractivity contribution >= 4 is 11.8 Å². The maximum Gasteiger partial charge on any atom is 0.245 e. The second kappa shape index (κ2) is 6.86. The van der Waals surface area contributed by atoms with Gasteiger partial charge in [-0.2, -0.15) is 0 Å². The van der Waals surface area contributed by atoms with Gasteiger partial charge in [-0.25, -0.2) is 4.39 Å². The fourth-order valence-electron chi connectivity index (χ4n) is 2.94. The molecule has 0 spiro atoms. The molecular weight excluding hydrogens is 311 g/mol. The Labute approximate surface area is 139 Å². The molecule has 3 rings (SSSR count). The smallest absolute Gasteiger partial charge is 0.245 e. The highest BCUT2D eigenvalue weighted by molar-refractivity contribution is 5.90. The molecule has 2 heterocycles. The van der Waals surface area contributed by atoms with Crippen LogP contribution in [0.3, 0.4) is 0 Å². The van der Waals surface area contributed by atoms with Crippen molar-refractivity contribution in [2.45, 2.75) is 32.0 Å². The highest BCUT2D eigenvalue weighted by Gasteiger charge is 2.37. The number of benzene rings is 1. The van der Waals surface area contributed by atoms with E-state index in [2.05, 4.69) is 0 Å². The van der Waals surface area contributed by atoms with E-state index >= 15 is 0 Å². The van der Waals surface area contributed by atoms with Crippen LogP contribution in [0, 0.1) is 5.82 Å². The molecule has 2 amide bonds. The molecular formula is C18H19FN2O3. The molecule has 1 aliphatic rings. The summed E-state index contributed by atoms with van der Waals surface area (Å²) in [5.41, 5.74) is 0.804. The van der Waals surface area contributed by atoms with Crippen molar-refractivity contribution in [3.63, 3.8) is 0 Å². The average Bonchev–Trinajstić information content (AvgIpc) is 3.20. The van der Waals surface area contributed by atoms with Crippen molar-refractivity contribution in [3.05, 3.63) is 59.8 Å². The van der Waals surface area contributed by atoms with Gasteiger partial charge in [-0.1, -0.05) is 12.1 Å². The van der Waals surface area contributed by atoms with Gasteiger partial charge in [-0.15, -0.1) is 0 Å². The zero-order valence-electron chi connectivity index (χ0n) is 13.4. The number of likely N-dealkylation sites (tertiary alicyclic amines) is 1. The fourth-order valence-corrected chi connectivity index (χ4v) is 2.94. The second-order valence-corrected chi connectivity index (χ2v) is 5.98. The minimum absolute atomic E-state index is 0.0518. The van der Waals surface area contributed by atoms with Gasteiger partial charge in [-0.3, -0.25) is 9.59 Å². The first-order chi connectivity index (χ1) is 11.5. The third kappa shape index (κ3) is 3.48. The van der Waals surface area contributed by atoms with Crippen LogP contribution < -0.4 is 0 Å². The molecule has 1 aliphatic heterocycles. The number of carbonyl (C=O) groups is 2. The molecule has 0 saturated carbocycles. The summed E-state index contributed by atoms with van der Waals surface area (Å²) in [4.78, 5) is 28.0. The molecule has 1 atom stereocenters. The van der Waals surface area contributed by atoms with Crippen molar-refractivity contribution in [3.8, 4) is 0 Å². The van der Waals surface area contributed by atoms with E-state index < -0.39 is 6.04 Å². The Kier molecular flexibility index (Phi) is 4.64. The quantitative estimate of drug-likeness (QED) is 0.847. The Bertz CT molecular complexity index is 712. The van der Waals surface area contributed by atoms with Crippen LogP contribution in [0.1, 0.15) is 24.2 Å². The van der Waals surface area contributed by atoms with Crippen LogP contribution in [0.25, 0.3) is 0 Å². The van der Waals surface area contributed by atoms with Gasteiger partial charge in [0, 0.05) is 20.0 Å². The van der Waals surface area contributed by atoms with Gasteiger partial charge in [0.05, 0.1) is 12.8 Å². The number of hydrogen-bond donors (Lipinski definition) is 0. The highest BCUT2D eigenvalue weighted by atomic mass is 19.1. The summed E-state index contributed by atoms with van der Waals surface area (Å²) in [7, 11) is 1.70. The lowest BCUT2D eigenvalue weighted by Crippen LogP contribution is -2.44. The lowest BCUT2D eigenvalue weighted by Gasteiger charge is -2.27. The van der Waals surface area contributed by atoms with E-state index in [4.69, 9.17) is 4.42 Å². The Morgan fingerprint density at radius 1 is 1.33 bits per heavy atom. The molecule has 6 heteroatoms. The molecule has 1 aromatic carbocycles. The zero-order chi connectivity index (χ0) is 17.1. The second-order valence-electron chi connectivity index (χ2n) is 5.98. The molecule has 5 nitrogen and oxygen atoms in total. The van der Waals surface area contributed by atoms with Gasteiger partial charge in [0.15, 0.2) is 0 Å². The first kappa shape index (κ1) is 16.2. The molecule has 0 N–H and O–H groups in total. The number of nitrogens with zero attached hydrogens (tertiary/aromatic N) is 2. The molecule has 126 valence electrons. The van der Waals surface area contributed by atoms with Gasteiger partial charge in [0.1, 0.15) is 17.6 Å². The third-order valence-corrected chi connectivity index (χ3v) is 4.23. The van der Waals surface area contributed by atoms with Crippen molar-refractivity contribution < 1.29 is 18.4 Å². The molecule has 2 aromatic rings. The van der Waals surface area contributed by atoms with Crippen molar-refractivity contribution in [2.24, 2.45) is 0 Å². The summed E-state index contributed by atoms with van der Waals surface area (Å²) in [6, 6.07) is 9.07. The Morgan fingerprint density at radius 2 is 2.08 bits per heavy atom. The maximum atomic E-state index is 13.0. The van der Waals surface area contributed by atoms with Crippen molar-refractivity contribution in [1.82, 2.24) is 9.80 Å². The van der Waals surface area contributed by atoms with Gasteiger partial charge in [-0.05, 0) is 36.2 Å². The van der Waals surface area contributed by atoms with Crippen LogP contribution in [0.15, 0.2) is 47.1 Å². The molecule has 0 aliphatic carbocycles. The lowest BCUT2D eigenvalue weighted by atomic mass is 10.1. The average molecular weight is 330 g/mol. The number of hydrogen-bond acceptors (Lipinski definition) is 3. The van der Waals surface area contributed by atoms with Crippen molar-refractivity contribution in [2.75, 3.05) is 7.05 Å². The van der Waals surface area contributed by atoms with E-state index in [1.54, 1.807) is 47.4 Å². The number of amides is 2. The number of carbonyl (C=O) groups excluding carboxylic acids is 2. The van der Waals surface area contributed by atoms with Crippen LogP contribution in [-0.4, -0.2) is 34.7 Å². The summed E-state index contributed by atoms with van der Waals surface area (Å²) in [6.07, 6.45) is 2.42. The Balaban J connectivity index is 1.69. The molecule has 0 bridgehead atoms. The summed E-state index contributed by atoms with van der Waals surface area (Å²) >= 11 is 0. The van der Waals surface area contributed by atoms with Gasteiger partial charge >= 0.3 is 0 Å². The zero-order valence-corrected chi connectivity index (χ0v) is 13.4. The highest BCUT2D eigenvalue weighted by Crippen LogP contribution is 2.23. The standard InChI is InChI=1S/C18H19FN2O3/c1-20(12-15-3-2-10-24-15)18(23)16-8-9-17(22)21(16)11-13-4-6-14(19)7-5-13/h2-7,10,16H,8-9,11-12H2,1H3/t16-/m1/s1. The van der Waals surface area contributed by atoms with E-state index in [-0.39, 0.29) is 17.6 Å². The first-order valence-electron chi connectivity index (χ1n) is 7.86. The summed E-state index contributed by atoms with van der Waals surface area (Å²) in [5.74, 6) is 0.209. The van der Waals surface area contributed by atoms with E-state index in [1.165, 1.54) is 12.1 Å². The van der Waals surface area contributed by atoms with Crippen LogP contribution in [-0.2, 0) is 22.7 Å². The SMILES string of the molecule is CN(Cc1ccco1)C(=O)[C@H]1CCC(=O)N1Cc1ccc(F)cc1. The van der Waals surface area contributed by atoms with Crippen LogP contribution in [0.5, 0.6) is 0 Å². The number of likely N-dealkylation sites (N-methyl/N-ethyl adjacent to an activating group) is 1. The molecule has 0 unspecified atom stereocenters. The van der Waals surface area contributed by atoms with E-state index in [9.17, 15) is 14.0 Å². The minimum Gasteiger partial charge on any atom is -0.467 e. The van der Waals surface area contributed by atoms with Crippen molar-refractivity contribution in [1.29, 1.82) is 0 Å². The van der Waals surface area contributed by atoms with Gasteiger partial charge in [0.25, 0.3) is 0 Å². The van der Waals surface area contributed by atoms with Crippen LogP contribution in [0.4, 0.5) is 4.39 Å². The van der Waals surface area contributed by atoms with Gasteiger partial charge in [0.2, 0.25) is 11.8 Å². The lowest BCUT2D eigenvalue weighted by molar-refractivity contribution is -0.141. The monoisotopic (exact) mass is 330 g/mol. The number of rotatable bonds is 5. The fraction of sp³-hybridized carbons (Fsp3) is 0.333. The summed E-state index contributed by atoms with van der Waals surface area (Å²) < 4.78 is 18.3. The minimum atomic E-state index is -0.484. The summed E-state index contributed by atoms with van der Waals surface area (Å²) in [5, 5.41) is 0. The summed E-state index contributed by atoms with van der Waals surface area (Å²) in [6.45, 7) is 0.672. The third-order valence-electron chi connectivity index (χ3n) is 4.23. The van der Waals surface area contributed by atoms with E-state index in [0.717, 1.165) is 5.56 Å². The Hall–Kier alpha value is -2.63. The van der Waals surface area contributed by atoms with E-state index in [1.807, 2.05) is 0 Å². The maximum absolute atomic E-state index is 13.0. The molecule has 1 fully saturated rings. The molecule has 1 saturated heterocycles. The number of halogens is 1.